The first-order valence-electron chi connectivity index (χ1n) is 10.8. The number of likely N-dealkylation sites (tertiary alicyclic amines) is 1. The van der Waals surface area contributed by atoms with Crippen molar-refractivity contribution < 1.29 is 24.4 Å². The predicted molar refractivity (Wildman–Crippen MR) is 104 cm³/mol. The van der Waals surface area contributed by atoms with Crippen molar-refractivity contribution in [3.63, 3.8) is 0 Å². The van der Waals surface area contributed by atoms with Crippen molar-refractivity contribution in [2.24, 2.45) is 11.8 Å². The lowest BCUT2D eigenvalue weighted by molar-refractivity contribution is -0.158. The summed E-state index contributed by atoms with van der Waals surface area (Å²) in [6.45, 7) is 0.362. The molecule has 1 heterocycles. The number of imide groups is 1. The number of rotatable bonds is 8. The van der Waals surface area contributed by atoms with Gasteiger partial charge in [0, 0.05) is 12.6 Å². The van der Waals surface area contributed by atoms with Crippen molar-refractivity contribution in [1.82, 2.24) is 20.6 Å². The Hall–Kier alpha value is -2.16. The van der Waals surface area contributed by atoms with E-state index in [1.54, 1.807) is 0 Å². The lowest BCUT2D eigenvalue weighted by Crippen LogP contribution is -2.54. The zero-order valence-corrected chi connectivity index (χ0v) is 16.8. The van der Waals surface area contributed by atoms with E-state index in [4.69, 9.17) is 0 Å². The van der Waals surface area contributed by atoms with E-state index in [1.165, 1.54) is 4.90 Å². The summed E-state index contributed by atoms with van der Waals surface area (Å²) in [4.78, 5) is 50.2. The van der Waals surface area contributed by atoms with Crippen LogP contribution < -0.4 is 10.6 Å². The maximum Gasteiger partial charge on any atom is 0.321 e. The number of urea groups is 1. The van der Waals surface area contributed by atoms with Crippen molar-refractivity contribution in [1.29, 1.82) is 0 Å². The maximum atomic E-state index is 13.2. The molecule has 3 rings (SSSR count). The standard InChI is InChI=1S/C20H32N4O5/c25-13-23(29)12-15(11-14-5-1-2-6-14)19(27)24-10-4-9-17(24)18(26)22-20(28)21-16-7-3-8-16/h13-17,29H,1-12H2,(H2,21,22,26,28)/t15-,17+/m1/s1. The Morgan fingerprint density at radius 2 is 1.79 bits per heavy atom. The molecule has 2 aliphatic carbocycles. The predicted octanol–water partition coefficient (Wildman–Crippen LogP) is 1.40. The largest absolute Gasteiger partial charge is 0.335 e. The molecule has 0 unspecified atom stereocenters. The molecular formula is C20H32N4O5. The van der Waals surface area contributed by atoms with Gasteiger partial charge in [-0.1, -0.05) is 25.7 Å². The molecule has 162 valence electrons. The van der Waals surface area contributed by atoms with E-state index in [0.29, 0.717) is 43.2 Å². The van der Waals surface area contributed by atoms with Gasteiger partial charge in [0.05, 0.1) is 12.5 Å². The van der Waals surface area contributed by atoms with E-state index in [0.717, 1.165) is 44.9 Å². The molecule has 2 atom stereocenters. The van der Waals surface area contributed by atoms with Crippen molar-refractivity contribution in [2.45, 2.75) is 76.3 Å². The monoisotopic (exact) mass is 408 g/mol. The number of nitrogens with zero attached hydrogens (tertiary/aromatic N) is 2. The number of carbonyl (C=O) groups is 4. The number of hydrogen-bond acceptors (Lipinski definition) is 5. The molecule has 1 saturated heterocycles. The lowest BCUT2D eigenvalue weighted by Gasteiger charge is -2.30. The van der Waals surface area contributed by atoms with Crippen LogP contribution >= 0.6 is 0 Å². The van der Waals surface area contributed by atoms with Gasteiger partial charge < -0.3 is 10.2 Å². The molecule has 0 aromatic carbocycles. The Kier molecular flexibility index (Phi) is 7.46. The van der Waals surface area contributed by atoms with Gasteiger partial charge >= 0.3 is 6.03 Å². The smallest absolute Gasteiger partial charge is 0.321 e. The van der Waals surface area contributed by atoms with E-state index in [2.05, 4.69) is 10.6 Å². The van der Waals surface area contributed by atoms with Crippen LogP contribution in [0.1, 0.15) is 64.2 Å². The molecule has 9 heteroatoms. The third-order valence-corrected chi connectivity index (χ3v) is 6.49. The van der Waals surface area contributed by atoms with Crippen molar-refractivity contribution in [3.8, 4) is 0 Å². The average Bonchev–Trinajstić information content (AvgIpc) is 3.35. The van der Waals surface area contributed by atoms with Gasteiger partial charge in [-0.05, 0) is 44.4 Å². The first-order valence-corrected chi connectivity index (χ1v) is 10.8. The molecule has 1 aliphatic heterocycles. The van der Waals surface area contributed by atoms with Gasteiger partial charge in [0.15, 0.2) is 0 Å². The number of hydrogen-bond donors (Lipinski definition) is 3. The summed E-state index contributed by atoms with van der Waals surface area (Å²) in [5.74, 6) is -0.851. The minimum atomic E-state index is -0.691. The van der Waals surface area contributed by atoms with Crippen LogP contribution in [-0.2, 0) is 14.4 Å². The third-order valence-electron chi connectivity index (χ3n) is 6.49. The van der Waals surface area contributed by atoms with Crippen LogP contribution in [0.3, 0.4) is 0 Å². The van der Waals surface area contributed by atoms with Gasteiger partial charge in [0.1, 0.15) is 6.04 Å². The molecule has 3 aliphatic rings. The first-order chi connectivity index (χ1) is 14.0. The van der Waals surface area contributed by atoms with E-state index >= 15 is 0 Å². The zero-order chi connectivity index (χ0) is 20.8. The second-order valence-electron chi connectivity index (χ2n) is 8.59. The third kappa shape index (κ3) is 5.68. The normalized spacial score (nSPS) is 23.3. The van der Waals surface area contributed by atoms with Gasteiger partial charge in [-0.25, -0.2) is 9.86 Å². The summed E-state index contributed by atoms with van der Waals surface area (Å²) < 4.78 is 0. The van der Waals surface area contributed by atoms with Gasteiger partial charge in [0.2, 0.25) is 12.3 Å². The first kappa shape index (κ1) is 21.5. The highest BCUT2D eigenvalue weighted by molar-refractivity contribution is 5.99. The van der Waals surface area contributed by atoms with Crippen LogP contribution in [0.25, 0.3) is 0 Å². The molecule has 0 bridgehead atoms. The molecule has 3 N–H and O–H groups in total. The Morgan fingerprint density at radius 1 is 1.07 bits per heavy atom. The van der Waals surface area contributed by atoms with Gasteiger partial charge in [0.25, 0.3) is 5.91 Å². The van der Waals surface area contributed by atoms with Gasteiger partial charge in [-0.3, -0.25) is 24.9 Å². The second-order valence-corrected chi connectivity index (χ2v) is 8.59. The van der Waals surface area contributed by atoms with Crippen LogP contribution in [0.15, 0.2) is 0 Å². The Morgan fingerprint density at radius 3 is 2.41 bits per heavy atom. The van der Waals surface area contributed by atoms with E-state index in [9.17, 15) is 24.4 Å². The quantitative estimate of drug-likeness (QED) is 0.319. The average molecular weight is 408 g/mol. The highest BCUT2D eigenvalue weighted by Crippen LogP contribution is 2.32. The molecule has 0 radical (unpaired) electrons. The number of carbonyl (C=O) groups excluding carboxylic acids is 4. The van der Waals surface area contributed by atoms with Crippen LogP contribution in [0.5, 0.6) is 0 Å². The number of nitrogens with one attached hydrogen (secondary N) is 2. The number of amides is 5. The molecule has 9 nitrogen and oxygen atoms in total. The van der Waals surface area contributed by atoms with Crippen LogP contribution in [0, 0.1) is 11.8 Å². The molecule has 3 fully saturated rings. The highest BCUT2D eigenvalue weighted by atomic mass is 16.5. The van der Waals surface area contributed by atoms with E-state index in [1.807, 2.05) is 0 Å². The molecular weight excluding hydrogens is 376 g/mol. The Labute approximate surface area is 171 Å². The summed E-state index contributed by atoms with van der Waals surface area (Å²) in [6.07, 6.45) is 9.35. The molecule has 0 aromatic heterocycles. The fourth-order valence-corrected chi connectivity index (χ4v) is 4.68. The Bertz CT molecular complexity index is 618. The highest BCUT2D eigenvalue weighted by Gasteiger charge is 2.39. The van der Waals surface area contributed by atoms with E-state index in [-0.39, 0.29) is 18.5 Å². The Balaban J connectivity index is 1.60. The van der Waals surface area contributed by atoms with Crippen LogP contribution in [0.4, 0.5) is 4.79 Å². The van der Waals surface area contributed by atoms with Crippen molar-refractivity contribution in [2.75, 3.05) is 13.1 Å². The summed E-state index contributed by atoms with van der Waals surface area (Å²) in [7, 11) is 0. The fourth-order valence-electron chi connectivity index (χ4n) is 4.68. The van der Waals surface area contributed by atoms with Crippen molar-refractivity contribution in [3.05, 3.63) is 0 Å². The van der Waals surface area contributed by atoms with Gasteiger partial charge in [-0.15, -0.1) is 0 Å². The summed E-state index contributed by atoms with van der Waals surface area (Å²) in [5, 5.41) is 15.3. The van der Waals surface area contributed by atoms with Crippen molar-refractivity contribution >= 4 is 24.3 Å². The van der Waals surface area contributed by atoms with Gasteiger partial charge in [-0.2, -0.15) is 0 Å². The molecule has 29 heavy (non-hydrogen) atoms. The summed E-state index contributed by atoms with van der Waals surface area (Å²) in [5.41, 5.74) is 0. The van der Waals surface area contributed by atoms with Crippen LogP contribution in [-0.4, -0.2) is 64.6 Å². The maximum absolute atomic E-state index is 13.2. The summed E-state index contributed by atoms with van der Waals surface area (Å²) >= 11 is 0. The minimum Gasteiger partial charge on any atom is -0.335 e. The second kappa shape index (κ2) is 10.0. The summed E-state index contributed by atoms with van der Waals surface area (Å²) in [6, 6.07) is -1.08. The lowest BCUT2D eigenvalue weighted by atomic mass is 9.91. The molecule has 0 spiro atoms. The fraction of sp³-hybridized carbons (Fsp3) is 0.800. The zero-order valence-electron chi connectivity index (χ0n) is 16.8. The SMILES string of the molecule is O=CN(O)C[C@@H](CC1CCCC1)C(=O)N1CCC[C@H]1C(=O)NC(=O)NC1CCC1. The number of hydroxylamine groups is 2. The molecule has 2 saturated carbocycles. The molecule has 5 amide bonds. The minimum absolute atomic E-state index is 0.0775. The van der Waals surface area contributed by atoms with E-state index < -0.39 is 23.9 Å². The topological polar surface area (TPSA) is 119 Å². The van der Waals surface area contributed by atoms with Crippen LogP contribution in [0.2, 0.25) is 0 Å². The molecule has 0 aromatic rings.